The molecule has 0 saturated heterocycles. The molecule has 1 aromatic carbocycles. The third-order valence-electron chi connectivity index (χ3n) is 6.51. The molecule has 8 nitrogen and oxygen atoms in total. The smallest absolute Gasteiger partial charge is 0.534 e. The van der Waals surface area contributed by atoms with E-state index in [1.165, 1.54) is 6.07 Å². The molecule has 0 aromatic heterocycles. The van der Waals surface area contributed by atoms with Crippen LogP contribution in [0.1, 0.15) is 48.0 Å². The van der Waals surface area contributed by atoms with Crippen molar-refractivity contribution < 1.29 is 24.4 Å². The van der Waals surface area contributed by atoms with Crippen LogP contribution in [0, 0.1) is 5.92 Å². The van der Waals surface area contributed by atoms with Gasteiger partial charge in [-0.3, -0.25) is 4.79 Å². The monoisotopic (exact) mass is 431 g/mol. The second kappa shape index (κ2) is 10.5. The summed E-state index contributed by atoms with van der Waals surface area (Å²) in [6.07, 6.45) is 5.04. The fourth-order valence-electron chi connectivity index (χ4n) is 4.57. The van der Waals surface area contributed by atoms with E-state index >= 15 is 0 Å². The Kier molecular flexibility index (Phi) is 7.97. The number of carboxylic acid groups (broad SMARTS) is 1. The number of rotatable bonds is 8. The first kappa shape index (κ1) is 23.6. The number of carbonyl (C=O) groups excluding carboxylic acids is 1. The Labute approximate surface area is 184 Å². The molecule has 3 rings (SSSR count). The van der Waals surface area contributed by atoms with Gasteiger partial charge in [0, 0.05) is 25.6 Å². The maximum absolute atomic E-state index is 12.6. The van der Waals surface area contributed by atoms with E-state index in [1.807, 2.05) is 0 Å². The standard InChI is InChI=1S/C22H34BN3O5/c1-25(2)11-12-26(3)17-9-7-15(8-10-17)13-20(27)24-19-14-16-5-4-6-18(22(28)29)21(16)31-23(19)30/h4-6,15,17,19,30H,7-14H2,1-3H3,(H,24,27)(H,28,29). The van der Waals surface area contributed by atoms with Gasteiger partial charge in [-0.15, -0.1) is 0 Å². The highest BCUT2D eigenvalue weighted by Gasteiger charge is 2.38. The van der Waals surface area contributed by atoms with Crippen molar-refractivity contribution in [3.8, 4) is 5.75 Å². The predicted octanol–water partition coefficient (Wildman–Crippen LogP) is 1.27. The second-order valence-corrected chi connectivity index (χ2v) is 9.15. The van der Waals surface area contributed by atoms with Crippen molar-refractivity contribution in [1.29, 1.82) is 0 Å². The van der Waals surface area contributed by atoms with E-state index in [4.69, 9.17) is 4.65 Å². The van der Waals surface area contributed by atoms with Crippen LogP contribution in [0.5, 0.6) is 5.75 Å². The summed E-state index contributed by atoms with van der Waals surface area (Å²) in [5, 5.41) is 22.5. The van der Waals surface area contributed by atoms with Gasteiger partial charge in [-0.25, -0.2) is 4.79 Å². The minimum atomic E-state index is -1.27. The van der Waals surface area contributed by atoms with E-state index in [0.29, 0.717) is 30.4 Å². The highest BCUT2D eigenvalue weighted by molar-refractivity contribution is 6.47. The van der Waals surface area contributed by atoms with E-state index in [2.05, 4.69) is 36.3 Å². The van der Waals surface area contributed by atoms with Gasteiger partial charge >= 0.3 is 13.1 Å². The molecule has 1 aliphatic carbocycles. The SMILES string of the molecule is CN(C)CCN(C)C1CCC(CC(=O)NC2Cc3cccc(C(=O)O)c3OB2O)CC1. The molecule has 0 bridgehead atoms. The molecule has 31 heavy (non-hydrogen) atoms. The van der Waals surface area contributed by atoms with E-state index in [9.17, 15) is 19.7 Å². The molecule has 0 spiro atoms. The molecule has 1 heterocycles. The van der Waals surface area contributed by atoms with Crippen molar-refractivity contribution >= 4 is 19.0 Å². The van der Waals surface area contributed by atoms with Crippen molar-refractivity contribution in [2.45, 2.75) is 50.5 Å². The summed E-state index contributed by atoms with van der Waals surface area (Å²) in [7, 11) is 5.08. The molecule has 1 saturated carbocycles. The van der Waals surface area contributed by atoms with Gasteiger partial charge in [0.1, 0.15) is 5.75 Å². The number of benzene rings is 1. The van der Waals surface area contributed by atoms with Crippen molar-refractivity contribution in [1.82, 2.24) is 15.1 Å². The molecule has 1 unspecified atom stereocenters. The van der Waals surface area contributed by atoms with Gasteiger partial charge in [-0.1, -0.05) is 12.1 Å². The summed E-state index contributed by atoms with van der Waals surface area (Å²) < 4.78 is 5.46. The van der Waals surface area contributed by atoms with Crippen molar-refractivity contribution in [2.75, 3.05) is 34.2 Å². The number of nitrogens with zero attached hydrogens (tertiary/aromatic N) is 2. The fraction of sp³-hybridized carbons (Fsp3) is 0.636. The average molecular weight is 431 g/mol. The molecule has 1 atom stereocenters. The number of amides is 1. The van der Waals surface area contributed by atoms with Gasteiger partial charge < -0.3 is 29.9 Å². The summed E-state index contributed by atoms with van der Waals surface area (Å²) in [5.74, 6) is -1.24. The van der Waals surface area contributed by atoms with Crippen LogP contribution >= 0.6 is 0 Å². The molecule has 9 heteroatoms. The van der Waals surface area contributed by atoms with Gasteiger partial charge in [-0.05, 0) is 70.8 Å². The predicted molar refractivity (Wildman–Crippen MR) is 119 cm³/mol. The summed E-state index contributed by atoms with van der Waals surface area (Å²) >= 11 is 0. The van der Waals surface area contributed by atoms with E-state index < -0.39 is 19.0 Å². The Morgan fingerprint density at radius 3 is 2.52 bits per heavy atom. The fourth-order valence-corrected chi connectivity index (χ4v) is 4.57. The maximum atomic E-state index is 12.6. The van der Waals surface area contributed by atoms with E-state index in [0.717, 1.165) is 38.8 Å². The highest BCUT2D eigenvalue weighted by atomic mass is 16.5. The lowest BCUT2D eigenvalue weighted by Crippen LogP contribution is -2.53. The number of para-hydroxylation sites is 1. The van der Waals surface area contributed by atoms with Gasteiger partial charge in [0.15, 0.2) is 0 Å². The zero-order chi connectivity index (χ0) is 22.5. The Morgan fingerprint density at radius 2 is 1.87 bits per heavy atom. The van der Waals surface area contributed by atoms with Gasteiger partial charge in [-0.2, -0.15) is 0 Å². The molecule has 0 radical (unpaired) electrons. The molecule has 2 aliphatic rings. The molecule has 170 valence electrons. The molecule has 1 aliphatic heterocycles. The molecule has 3 N–H and O–H groups in total. The lowest BCUT2D eigenvalue weighted by atomic mass is 9.72. The van der Waals surface area contributed by atoms with Crippen LogP contribution in [0.3, 0.4) is 0 Å². The number of carboxylic acids is 1. The highest BCUT2D eigenvalue weighted by Crippen LogP contribution is 2.31. The minimum Gasteiger partial charge on any atom is -0.534 e. The number of hydrogen-bond donors (Lipinski definition) is 3. The molecular formula is C22H34BN3O5. The molecule has 1 aromatic rings. The summed E-state index contributed by atoms with van der Waals surface area (Å²) in [4.78, 5) is 28.6. The lowest BCUT2D eigenvalue weighted by molar-refractivity contribution is -0.122. The number of carbonyl (C=O) groups is 2. The van der Waals surface area contributed by atoms with Gasteiger partial charge in [0.2, 0.25) is 5.91 Å². The minimum absolute atomic E-state index is 0.0219. The molecule has 1 fully saturated rings. The van der Waals surface area contributed by atoms with Gasteiger partial charge in [0.05, 0.1) is 11.5 Å². The van der Waals surface area contributed by atoms with Crippen LogP contribution in [0.15, 0.2) is 18.2 Å². The second-order valence-electron chi connectivity index (χ2n) is 9.15. The average Bonchev–Trinajstić information content (AvgIpc) is 2.72. The Bertz CT molecular complexity index is 782. The summed E-state index contributed by atoms with van der Waals surface area (Å²) in [5.41, 5.74) is 0.699. The quantitative estimate of drug-likeness (QED) is 0.533. The Morgan fingerprint density at radius 1 is 1.16 bits per heavy atom. The number of likely N-dealkylation sites (N-methyl/N-ethyl adjacent to an activating group) is 2. The number of fused-ring (bicyclic) bond motifs is 1. The Balaban J connectivity index is 1.47. The topological polar surface area (TPSA) is 102 Å². The first-order chi connectivity index (χ1) is 14.7. The zero-order valence-corrected chi connectivity index (χ0v) is 18.7. The Hall–Kier alpha value is -2.10. The van der Waals surface area contributed by atoms with E-state index in [-0.39, 0.29) is 17.2 Å². The number of aromatic carboxylic acids is 1. The van der Waals surface area contributed by atoms with Crippen LogP contribution in [-0.4, -0.2) is 85.1 Å². The van der Waals surface area contributed by atoms with E-state index in [1.54, 1.807) is 12.1 Å². The molecule has 1 amide bonds. The van der Waals surface area contributed by atoms with Crippen molar-refractivity contribution in [3.05, 3.63) is 29.3 Å². The summed E-state index contributed by atoms with van der Waals surface area (Å²) in [6.45, 7) is 2.09. The zero-order valence-electron chi connectivity index (χ0n) is 18.7. The lowest BCUT2D eigenvalue weighted by Gasteiger charge is -2.35. The largest absolute Gasteiger partial charge is 0.547 e. The first-order valence-corrected chi connectivity index (χ1v) is 11.1. The van der Waals surface area contributed by atoms with Crippen LogP contribution in [-0.2, 0) is 11.2 Å². The third-order valence-corrected chi connectivity index (χ3v) is 6.51. The normalized spacial score (nSPS) is 23.4. The van der Waals surface area contributed by atoms with Crippen molar-refractivity contribution in [2.24, 2.45) is 5.92 Å². The molecular weight excluding hydrogens is 397 g/mol. The van der Waals surface area contributed by atoms with Crippen LogP contribution in [0.25, 0.3) is 0 Å². The van der Waals surface area contributed by atoms with Gasteiger partial charge in [0.25, 0.3) is 0 Å². The first-order valence-electron chi connectivity index (χ1n) is 11.1. The maximum Gasteiger partial charge on any atom is 0.547 e. The summed E-state index contributed by atoms with van der Waals surface area (Å²) in [6, 6.07) is 5.44. The van der Waals surface area contributed by atoms with Crippen LogP contribution in [0.4, 0.5) is 0 Å². The van der Waals surface area contributed by atoms with Crippen molar-refractivity contribution in [3.63, 3.8) is 0 Å². The van der Waals surface area contributed by atoms with Crippen LogP contribution in [0.2, 0.25) is 0 Å². The number of hydrogen-bond acceptors (Lipinski definition) is 6. The third kappa shape index (κ3) is 6.21. The number of nitrogens with one attached hydrogen (secondary N) is 1. The van der Waals surface area contributed by atoms with Crippen LogP contribution < -0.4 is 9.97 Å².